The number of phenols is 1. The average molecular weight is 335 g/mol. The molecule has 0 saturated carbocycles. The summed E-state index contributed by atoms with van der Waals surface area (Å²) in [5, 5.41) is 19.9. The van der Waals surface area contributed by atoms with Crippen molar-refractivity contribution in [2.45, 2.75) is 6.54 Å². The van der Waals surface area contributed by atoms with Gasteiger partial charge in [-0.25, -0.2) is 0 Å². The van der Waals surface area contributed by atoms with Crippen LogP contribution in [0.25, 0.3) is 11.3 Å². The van der Waals surface area contributed by atoms with Gasteiger partial charge in [-0.05, 0) is 35.4 Å². The van der Waals surface area contributed by atoms with Crippen molar-refractivity contribution in [2.75, 3.05) is 0 Å². The maximum absolute atomic E-state index is 9.29. The molecule has 0 unspecified atom stereocenters. The van der Waals surface area contributed by atoms with Crippen LogP contribution >= 0.6 is 11.3 Å². The summed E-state index contributed by atoms with van der Waals surface area (Å²) in [5.74, 6) is 0.235. The van der Waals surface area contributed by atoms with Crippen LogP contribution < -0.4 is 4.80 Å². The number of hydrogen-bond donors (Lipinski definition) is 1. The first-order valence-corrected chi connectivity index (χ1v) is 8.36. The molecule has 0 aliphatic rings. The van der Waals surface area contributed by atoms with Crippen LogP contribution in [0.5, 0.6) is 5.75 Å². The Morgan fingerprint density at radius 1 is 1.08 bits per heavy atom. The van der Waals surface area contributed by atoms with Crippen molar-refractivity contribution in [1.29, 1.82) is 0 Å². The third-order valence-corrected chi connectivity index (χ3v) is 4.28. The number of allylic oxidation sites excluding steroid dienone is 1. The Balaban J connectivity index is 1.94. The van der Waals surface area contributed by atoms with E-state index in [1.54, 1.807) is 41.8 Å². The van der Waals surface area contributed by atoms with E-state index < -0.39 is 0 Å². The minimum atomic E-state index is 0.235. The van der Waals surface area contributed by atoms with Crippen molar-refractivity contribution in [2.24, 2.45) is 10.2 Å². The summed E-state index contributed by atoms with van der Waals surface area (Å²) in [6, 6.07) is 17.0. The molecular formula is C19H17N3OS. The summed E-state index contributed by atoms with van der Waals surface area (Å²) in [6.07, 6.45) is 3.52. The minimum absolute atomic E-state index is 0.235. The van der Waals surface area contributed by atoms with Crippen LogP contribution in [-0.2, 0) is 6.54 Å². The van der Waals surface area contributed by atoms with E-state index in [0.29, 0.717) is 6.54 Å². The van der Waals surface area contributed by atoms with Gasteiger partial charge in [0, 0.05) is 11.9 Å². The summed E-state index contributed by atoms with van der Waals surface area (Å²) in [4.78, 5) is 0.809. The van der Waals surface area contributed by atoms with Crippen LogP contribution in [0.2, 0.25) is 0 Å². The Morgan fingerprint density at radius 2 is 1.83 bits per heavy atom. The minimum Gasteiger partial charge on any atom is -0.508 e. The van der Waals surface area contributed by atoms with E-state index >= 15 is 0 Å². The molecule has 3 aromatic rings. The summed E-state index contributed by atoms with van der Waals surface area (Å²) in [7, 11) is 0. The van der Waals surface area contributed by atoms with Gasteiger partial charge in [-0.2, -0.15) is 5.10 Å². The van der Waals surface area contributed by atoms with Gasteiger partial charge in [-0.15, -0.1) is 23.0 Å². The second-order valence-corrected chi connectivity index (χ2v) is 5.94. The quantitative estimate of drug-likeness (QED) is 0.427. The lowest BCUT2D eigenvalue weighted by Gasteiger charge is -2.05. The Hall–Kier alpha value is -2.92. The summed E-state index contributed by atoms with van der Waals surface area (Å²) in [6.45, 7) is 4.50. The fourth-order valence-corrected chi connectivity index (χ4v) is 3.13. The Kier molecular flexibility index (Phi) is 5.03. The lowest BCUT2D eigenvalue weighted by Crippen LogP contribution is -2.14. The standard InChI is InChI=1S/C19H17N3OS/c1-2-12-22-18(16-6-4-3-5-7-16)14-24-19(22)21-20-13-15-8-10-17(23)11-9-15/h2-11,13-14,23H,1,12H2/b20-13-,21-19-. The number of benzene rings is 2. The zero-order valence-corrected chi connectivity index (χ0v) is 13.9. The van der Waals surface area contributed by atoms with Gasteiger partial charge in [0.25, 0.3) is 0 Å². The van der Waals surface area contributed by atoms with Crippen molar-refractivity contribution in [3.05, 3.63) is 83.0 Å². The van der Waals surface area contributed by atoms with Gasteiger partial charge in [0.05, 0.1) is 11.9 Å². The van der Waals surface area contributed by atoms with E-state index in [2.05, 4.69) is 38.9 Å². The van der Waals surface area contributed by atoms with E-state index in [4.69, 9.17) is 0 Å². The number of hydrogen-bond acceptors (Lipinski definition) is 4. The third-order valence-electron chi connectivity index (χ3n) is 3.42. The van der Waals surface area contributed by atoms with Crippen molar-refractivity contribution in [1.82, 2.24) is 4.57 Å². The van der Waals surface area contributed by atoms with Crippen molar-refractivity contribution >= 4 is 17.6 Å². The largest absolute Gasteiger partial charge is 0.508 e. The maximum atomic E-state index is 9.29. The molecule has 0 fully saturated rings. The molecule has 120 valence electrons. The molecule has 3 rings (SSSR count). The first-order valence-electron chi connectivity index (χ1n) is 7.48. The third kappa shape index (κ3) is 3.70. The molecule has 1 aromatic heterocycles. The number of thiazole rings is 1. The highest BCUT2D eigenvalue weighted by Crippen LogP contribution is 2.19. The zero-order valence-electron chi connectivity index (χ0n) is 13.0. The highest BCUT2D eigenvalue weighted by Gasteiger charge is 2.06. The first kappa shape index (κ1) is 16.0. The first-order chi connectivity index (χ1) is 11.8. The van der Waals surface area contributed by atoms with Gasteiger partial charge in [-0.1, -0.05) is 36.4 Å². The van der Waals surface area contributed by atoms with E-state index in [1.807, 2.05) is 24.3 Å². The van der Waals surface area contributed by atoms with Crippen molar-refractivity contribution in [3.8, 4) is 17.0 Å². The van der Waals surface area contributed by atoms with Crippen LogP contribution in [0.1, 0.15) is 5.56 Å². The molecule has 1 heterocycles. The number of phenolic OH excluding ortho intramolecular Hbond substituents is 1. The van der Waals surface area contributed by atoms with Gasteiger partial charge >= 0.3 is 0 Å². The smallest absolute Gasteiger partial charge is 0.211 e. The topological polar surface area (TPSA) is 49.9 Å². The van der Waals surface area contributed by atoms with Crippen LogP contribution in [0, 0.1) is 0 Å². The monoisotopic (exact) mass is 335 g/mol. The van der Waals surface area contributed by atoms with E-state index in [9.17, 15) is 5.11 Å². The highest BCUT2D eigenvalue weighted by molar-refractivity contribution is 7.07. The second-order valence-electron chi connectivity index (χ2n) is 5.10. The number of rotatable bonds is 5. The molecule has 4 nitrogen and oxygen atoms in total. The Morgan fingerprint density at radius 3 is 2.54 bits per heavy atom. The Bertz CT molecular complexity index is 906. The molecule has 0 amide bonds. The molecule has 0 aliphatic heterocycles. The van der Waals surface area contributed by atoms with Gasteiger partial charge < -0.3 is 9.67 Å². The van der Waals surface area contributed by atoms with E-state index in [0.717, 1.165) is 21.6 Å². The fraction of sp³-hybridized carbons (Fsp3) is 0.0526. The molecular weight excluding hydrogens is 318 g/mol. The average Bonchev–Trinajstić information content (AvgIpc) is 3.01. The fourth-order valence-electron chi connectivity index (χ4n) is 2.26. The summed E-state index contributed by atoms with van der Waals surface area (Å²) >= 11 is 1.54. The molecule has 0 bridgehead atoms. The molecule has 0 saturated heterocycles. The normalized spacial score (nSPS) is 11.9. The van der Waals surface area contributed by atoms with Gasteiger partial charge in [0.15, 0.2) is 0 Å². The molecule has 0 atom stereocenters. The molecule has 0 spiro atoms. The van der Waals surface area contributed by atoms with Gasteiger partial charge in [0.1, 0.15) is 5.75 Å². The van der Waals surface area contributed by atoms with Crippen LogP contribution in [0.3, 0.4) is 0 Å². The zero-order chi connectivity index (χ0) is 16.8. The molecule has 0 radical (unpaired) electrons. The molecule has 5 heteroatoms. The SMILES string of the molecule is C=CCn1c(-c2ccccc2)cs/c1=N\N=C/c1ccc(O)cc1. The lowest BCUT2D eigenvalue weighted by molar-refractivity contribution is 0.475. The molecule has 0 aliphatic carbocycles. The predicted molar refractivity (Wildman–Crippen MR) is 99.2 cm³/mol. The van der Waals surface area contributed by atoms with Gasteiger partial charge in [0.2, 0.25) is 4.80 Å². The summed E-state index contributed by atoms with van der Waals surface area (Å²) < 4.78 is 2.08. The van der Waals surface area contributed by atoms with Crippen molar-refractivity contribution in [3.63, 3.8) is 0 Å². The van der Waals surface area contributed by atoms with Crippen LogP contribution in [0.4, 0.5) is 0 Å². The second kappa shape index (κ2) is 7.57. The van der Waals surface area contributed by atoms with E-state index in [-0.39, 0.29) is 5.75 Å². The lowest BCUT2D eigenvalue weighted by atomic mass is 10.2. The molecule has 24 heavy (non-hydrogen) atoms. The predicted octanol–water partition coefficient (Wildman–Crippen LogP) is 4.04. The van der Waals surface area contributed by atoms with Gasteiger partial charge in [-0.3, -0.25) is 0 Å². The summed E-state index contributed by atoms with van der Waals surface area (Å²) in [5.41, 5.74) is 3.12. The van der Waals surface area contributed by atoms with Crippen LogP contribution in [-0.4, -0.2) is 15.9 Å². The Labute approximate surface area is 144 Å². The van der Waals surface area contributed by atoms with Crippen molar-refractivity contribution < 1.29 is 5.11 Å². The molecule has 1 N–H and O–H groups in total. The number of aromatic nitrogens is 1. The maximum Gasteiger partial charge on any atom is 0.211 e. The van der Waals surface area contributed by atoms with Crippen LogP contribution in [0.15, 0.2) is 82.8 Å². The molecule has 2 aromatic carbocycles. The van der Waals surface area contributed by atoms with E-state index in [1.165, 1.54) is 0 Å². The number of nitrogens with zero attached hydrogens (tertiary/aromatic N) is 3. The number of aromatic hydroxyl groups is 1. The highest BCUT2D eigenvalue weighted by atomic mass is 32.1.